The van der Waals surface area contributed by atoms with Gasteiger partial charge in [0.05, 0.1) is 12.2 Å². The van der Waals surface area contributed by atoms with E-state index in [4.69, 9.17) is 0 Å². The number of anilines is 1. The molecule has 2 aromatic carbocycles. The zero-order chi connectivity index (χ0) is 16.2. The van der Waals surface area contributed by atoms with E-state index in [-0.39, 0.29) is 17.2 Å². The minimum absolute atomic E-state index is 0.240. The van der Waals surface area contributed by atoms with Crippen LogP contribution in [0.15, 0.2) is 65.5 Å². The number of hydrogen-bond acceptors (Lipinski definition) is 2. The molecule has 2 N–H and O–H groups in total. The van der Waals surface area contributed by atoms with Gasteiger partial charge in [0.1, 0.15) is 5.69 Å². The van der Waals surface area contributed by atoms with Crippen LogP contribution < -0.4 is 10.9 Å². The van der Waals surface area contributed by atoms with E-state index in [0.717, 1.165) is 5.56 Å². The van der Waals surface area contributed by atoms with Crippen LogP contribution >= 0.6 is 0 Å². The smallest absolute Gasteiger partial charge is 0.290 e. The van der Waals surface area contributed by atoms with Crippen molar-refractivity contribution in [1.82, 2.24) is 9.78 Å². The van der Waals surface area contributed by atoms with Crippen LogP contribution in [0.4, 0.5) is 5.69 Å². The lowest BCUT2D eigenvalue weighted by Gasteiger charge is -2.02. The van der Waals surface area contributed by atoms with Gasteiger partial charge in [0.2, 0.25) is 0 Å². The lowest BCUT2D eigenvalue weighted by molar-refractivity contribution is 0.102. The third-order valence-corrected chi connectivity index (χ3v) is 3.59. The van der Waals surface area contributed by atoms with Crippen LogP contribution in [0.2, 0.25) is 0 Å². The molecule has 0 aliphatic carbocycles. The molecule has 23 heavy (non-hydrogen) atoms. The molecule has 0 unspecified atom stereocenters. The number of H-pyrrole nitrogens is 1. The Morgan fingerprint density at radius 1 is 1.04 bits per heavy atom. The molecule has 0 saturated carbocycles. The van der Waals surface area contributed by atoms with Crippen molar-refractivity contribution >= 4 is 11.6 Å². The molecule has 1 aromatic heterocycles. The van der Waals surface area contributed by atoms with E-state index >= 15 is 0 Å². The van der Waals surface area contributed by atoms with Crippen molar-refractivity contribution in [3.8, 4) is 0 Å². The summed E-state index contributed by atoms with van der Waals surface area (Å²) in [7, 11) is 0. The first-order valence-electron chi connectivity index (χ1n) is 7.35. The quantitative estimate of drug-likeness (QED) is 0.778. The first kappa shape index (κ1) is 14.8. The molecule has 3 rings (SSSR count). The highest BCUT2D eigenvalue weighted by Gasteiger charge is 2.15. The molecule has 1 amide bonds. The van der Waals surface area contributed by atoms with Crippen molar-refractivity contribution in [3.05, 3.63) is 87.8 Å². The molecule has 0 bridgehead atoms. The minimum Gasteiger partial charge on any atom is -0.316 e. The van der Waals surface area contributed by atoms with E-state index < -0.39 is 0 Å². The first-order chi connectivity index (χ1) is 11.1. The van der Waals surface area contributed by atoms with Gasteiger partial charge in [-0.3, -0.25) is 14.7 Å². The van der Waals surface area contributed by atoms with Crippen molar-refractivity contribution in [3.63, 3.8) is 0 Å². The first-order valence-corrected chi connectivity index (χ1v) is 7.35. The maximum atomic E-state index is 12.5. The second-order valence-corrected chi connectivity index (χ2v) is 5.31. The molecule has 0 fully saturated rings. The van der Waals surface area contributed by atoms with E-state index in [1.165, 1.54) is 4.68 Å². The Hall–Kier alpha value is -3.08. The SMILES string of the molecule is Cc1[nH]n(Cc2ccccc2)c(=O)c1NC(=O)c1ccccc1. The molecule has 0 atom stereocenters. The Morgan fingerprint density at radius 2 is 1.65 bits per heavy atom. The molecule has 1 heterocycles. The Balaban J connectivity index is 1.84. The summed E-state index contributed by atoms with van der Waals surface area (Å²) in [6, 6.07) is 18.5. The molecule has 0 aliphatic rings. The summed E-state index contributed by atoms with van der Waals surface area (Å²) in [6.45, 7) is 2.20. The van der Waals surface area contributed by atoms with Crippen LogP contribution in [0.25, 0.3) is 0 Å². The largest absolute Gasteiger partial charge is 0.316 e. The van der Waals surface area contributed by atoms with E-state index in [2.05, 4.69) is 10.4 Å². The van der Waals surface area contributed by atoms with Gasteiger partial charge >= 0.3 is 0 Å². The van der Waals surface area contributed by atoms with Crippen molar-refractivity contribution in [2.45, 2.75) is 13.5 Å². The Kier molecular flexibility index (Phi) is 4.10. The van der Waals surface area contributed by atoms with E-state index in [1.54, 1.807) is 31.2 Å². The van der Waals surface area contributed by atoms with Crippen molar-refractivity contribution in [2.75, 3.05) is 5.32 Å². The molecule has 5 nitrogen and oxygen atoms in total. The summed E-state index contributed by atoms with van der Waals surface area (Å²) in [5, 5.41) is 5.71. The lowest BCUT2D eigenvalue weighted by Crippen LogP contribution is -2.22. The molecule has 3 aromatic rings. The molecule has 116 valence electrons. The number of carbonyl (C=O) groups is 1. The summed E-state index contributed by atoms with van der Waals surface area (Å²) in [6.07, 6.45) is 0. The van der Waals surface area contributed by atoms with Crippen LogP contribution in [0.5, 0.6) is 0 Å². The number of carbonyl (C=O) groups excluding carboxylic acids is 1. The predicted molar refractivity (Wildman–Crippen MR) is 89.7 cm³/mol. The van der Waals surface area contributed by atoms with Gasteiger partial charge in [0, 0.05) is 5.56 Å². The molecule has 0 saturated heterocycles. The third kappa shape index (κ3) is 3.23. The minimum atomic E-state index is -0.295. The maximum Gasteiger partial charge on any atom is 0.290 e. The topological polar surface area (TPSA) is 66.9 Å². The fourth-order valence-electron chi connectivity index (χ4n) is 2.40. The van der Waals surface area contributed by atoms with Gasteiger partial charge in [-0.1, -0.05) is 48.5 Å². The number of benzene rings is 2. The van der Waals surface area contributed by atoms with Gasteiger partial charge < -0.3 is 5.32 Å². The van der Waals surface area contributed by atoms with Gasteiger partial charge in [-0.15, -0.1) is 0 Å². The Bertz CT molecular complexity index is 864. The highest BCUT2D eigenvalue weighted by atomic mass is 16.2. The van der Waals surface area contributed by atoms with Crippen molar-refractivity contribution in [1.29, 1.82) is 0 Å². The third-order valence-electron chi connectivity index (χ3n) is 3.59. The fourth-order valence-corrected chi connectivity index (χ4v) is 2.40. The van der Waals surface area contributed by atoms with Crippen molar-refractivity contribution in [2.24, 2.45) is 0 Å². The summed E-state index contributed by atoms with van der Waals surface area (Å²) in [5.41, 5.74) is 2.21. The molecular formula is C18H17N3O2. The van der Waals surface area contributed by atoms with Crippen molar-refractivity contribution < 1.29 is 4.79 Å². The van der Waals surface area contributed by atoms with E-state index in [9.17, 15) is 9.59 Å². The Labute approximate surface area is 133 Å². The monoisotopic (exact) mass is 307 g/mol. The van der Waals surface area contributed by atoms with Gasteiger partial charge in [-0.2, -0.15) is 0 Å². The second-order valence-electron chi connectivity index (χ2n) is 5.31. The molecule has 5 heteroatoms. The molecule has 0 spiro atoms. The molecular weight excluding hydrogens is 290 g/mol. The highest BCUT2D eigenvalue weighted by molar-refractivity contribution is 6.04. The van der Waals surface area contributed by atoms with Gasteiger partial charge in [0.15, 0.2) is 0 Å². The van der Waals surface area contributed by atoms with Gasteiger partial charge in [0.25, 0.3) is 11.5 Å². The van der Waals surface area contributed by atoms with Crippen LogP contribution in [-0.2, 0) is 6.54 Å². The number of amides is 1. The number of hydrogen-bond donors (Lipinski definition) is 2. The number of nitrogens with zero attached hydrogens (tertiary/aromatic N) is 1. The summed E-state index contributed by atoms with van der Waals surface area (Å²) >= 11 is 0. The van der Waals surface area contributed by atoms with E-state index in [0.29, 0.717) is 17.8 Å². The number of nitrogens with one attached hydrogen (secondary N) is 2. The number of aromatic nitrogens is 2. The molecule has 0 aliphatic heterocycles. The highest BCUT2D eigenvalue weighted by Crippen LogP contribution is 2.10. The maximum absolute atomic E-state index is 12.5. The number of rotatable bonds is 4. The fraction of sp³-hybridized carbons (Fsp3) is 0.111. The normalized spacial score (nSPS) is 10.5. The second kappa shape index (κ2) is 6.36. The summed E-state index contributed by atoms with van der Waals surface area (Å²) in [4.78, 5) is 24.7. The average Bonchev–Trinajstić information content (AvgIpc) is 2.84. The zero-order valence-corrected chi connectivity index (χ0v) is 12.7. The number of aromatic amines is 1. The standard InChI is InChI=1S/C18H17N3O2/c1-13-16(19-17(22)15-10-6-3-7-11-15)18(23)21(20-13)12-14-8-4-2-5-9-14/h2-11,20H,12H2,1H3,(H,19,22). The predicted octanol–water partition coefficient (Wildman–Crippen LogP) is 2.79. The average molecular weight is 307 g/mol. The Morgan fingerprint density at radius 3 is 2.30 bits per heavy atom. The molecule has 0 radical (unpaired) electrons. The number of aryl methyl sites for hydroxylation is 1. The van der Waals surface area contributed by atoms with Crippen LogP contribution in [0.1, 0.15) is 21.6 Å². The zero-order valence-electron chi connectivity index (χ0n) is 12.7. The van der Waals surface area contributed by atoms with Crippen LogP contribution in [0.3, 0.4) is 0 Å². The summed E-state index contributed by atoms with van der Waals surface area (Å²) < 4.78 is 1.49. The summed E-state index contributed by atoms with van der Waals surface area (Å²) in [5.74, 6) is -0.295. The van der Waals surface area contributed by atoms with E-state index in [1.807, 2.05) is 36.4 Å². The van der Waals surface area contributed by atoms with Crippen LogP contribution in [0, 0.1) is 6.92 Å². The van der Waals surface area contributed by atoms with Gasteiger partial charge in [-0.25, -0.2) is 4.68 Å². The lowest BCUT2D eigenvalue weighted by atomic mass is 10.2. The van der Waals surface area contributed by atoms with Crippen LogP contribution in [-0.4, -0.2) is 15.7 Å². The van der Waals surface area contributed by atoms with Gasteiger partial charge in [-0.05, 0) is 24.6 Å².